The Morgan fingerprint density at radius 3 is 2.32 bits per heavy atom. The Bertz CT molecular complexity index is 417. The fraction of sp³-hybridized carbons (Fsp3) is 0.429. The van der Waals surface area contributed by atoms with Crippen LogP contribution in [0.2, 0.25) is 0 Å². The van der Waals surface area contributed by atoms with Crippen LogP contribution < -0.4 is 5.32 Å². The van der Waals surface area contributed by atoms with E-state index in [1.54, 1.807) is 0 Å². The molecule has 0 atom stereocenters. The van der Waals surface area contributed by atoms with E-state index in [-0.39, 0.29) is 0 Å². The van der Waals surface area contributed by atoms with Gasteiger partial charge in [-0.05, 0) is 17.7 Å². The van der Waals surface area contributed by atoms with E-state index in [2.05, 4.69) is 10.2 Å². The van der Waals surface area contributed by atoms with Gasteiger partial charge in [0.1, 0.15) is 0 Å². The number of hydrogen-bond donors (Lipinski definition) is 0. The van der Waals surface area contributed by atoms with Crippen molar-refractivity contribution in [3.05, 3.63) is 41.5 Å². The van der Waals surface area contributed by atoms with Gasteiger partial charge in [0, 0.05) is 32.7 Å². The summed E-state index contributed by atoms with van der Waals surface area (Å²) in [6, 6.07) is 5.20. The van der Waals surface area contributed by atoms with E-state index in [4.69, 9.17) is 0 Å². The summed E-state index contributed by atoms with van der Waals surface area (Å²) >= 11 is 0. The number of piperazine rings is 1. The van der Waals surface area contributed by atoms with Crippen molar-refractivity contribution in [2.75, 3.05) is 32.7 Å². The highest BCUT2D eigenvalue weighted by molar-refractivity contribution is 5.50. The monoisotopic (exact) mass is 269 g/mol. The third kappa shape index (κ3) is 4.36. The van der Waals surface area contributed by atoms with Gasteiger partial charge in [-0.15, -0.1) is 0 Å². The van der Waals surface area contributed by atoms with Crippen molar-refractivity contribution in [2.24, 2.45) is 0 Å². The standard InChI is InChI=1S/C14H16F3N2/c15-14(16,17)13-5-3-12(4-6-13)2-1-9-19-10-7-18-8-11-19/h1-6H,7-11H2/b2-1+. The van der Waals surface area contributed by atoms with E-state index in [1.807, 2.05) is 12.2 Å². The first kappa shape index (κ1) is 14.1. The number of nitrogens with zero attached hydrogens (tertiary/aromatic N) is 2. The van der Waals surface area contributed by atoms with Gasteiger partial charge in [0.15, 0.2) is 0 Å². The third-order valence-corrected chi connectivity index (χ3v) is 3.06. The molecule has 0 saturated carbocycles. The second kappa shape index (κ2) is 6.21. The van der Waals surface area contributed by atoms with Gasteiger partial charge < -0.3 is 0 Å². The zero-order valence-electron chi connectivity index (χ0n) is 10.5. The van der Waals surface area contributed by atoms with Crippen LogP contribution in [0, 0.1) is 0 Å². The molecule has 103 valence electrons. The zero-order valence-corrected chi connectivity index (χ0v) is 10.5. The van der Waals surface area contributed by atoms with Crippen LogP contribution in [0.15, 0.2) is 30.3 Å². The predicted molar refractivity (Wildman–Crippen MR) is 68.8 cm³/mol. The van der Waals surface area contributed by atoms with Crippen molar-refractivity contribution in [3.8, 4) is 0 Å². The summed E-state index contributed by atoms with van der Waals surface area (Å²) in [4.78, 5) is 2.27. The van der Waals surface area contributed by atoms with Gasteiger partial charge in [-0.2, -0.15) is 13.2 Å². The van der Waals surface area contributed by atoms with Gasteiger partial charge >= 0.3 is 6.18 Å². The van der Waals surface area contributed by atoms with E-state index < -0.39 is 11.7 Å². The summed E-state index contributed by atoms with van der Waals surface area (Å²) in [6.45, 7) is 4.47. The van der Waals surface area contributed by atoms with E-state index in [0.717, 1.165) is 50.4 Å². The molecule has 0 unspecified atom stereocenters. The smallest absolute Gasteiger partial charge is 0.297 e. The van der Waals surface area contributed by atoms with Crippen LogP contribution in [0.4, 0.5) is 13.2 Å². The first-order valence-corrected chi connectivity index (χ1v) is 6.25. The number of alkyl halides is 3. The largest absolute Gasteiger partial charge is 0.416 e. The summed E-state index contributed by atoms with van der Waals surface area (Å²) in [7, 11) is 0. The van der Waals surface area contributed by atoms with Crippen molar-refractivity contribution in [3.63, 3.8) is 0 Å². The molecule has 1 aromatic rings. The molecular formula is C14H16F3N2. The minimum absolute atomic E-state index is 0.609. The van der Waals surface area contributed by atoms with E-state index in [1.165, 1.54) is 12.1 Å². The topological polar surface area (TPSA) is 17.3 Å². The Kier molecular flexibility index (Phi) is 4.61. The van der Waals surface area contributed by atoms with Crippen LogP contribution in [-0.2, 0) is 6.18 Å². The molecule has 0 bridgehead atoms. The van der Waals surface area contributed by atoms with Crippen LogP contribution in [0.3, 0.4) is 0 Å². The second-order valence-corrected chi connectivity index (χ2v) is 4.49. The Morgan fingerprint density at radius 2 is 1.74 bits per heavy atom. The molecule has 1 aliphatic rings. The van der Waals surface area contributed by atoms with E-state index in [0.29, 0.717) is 0 Å². The highest BCUT2D eigenvalue weighted by Crippen LogP contribution is 2.29. The highest BCUT2D eigenvalue weighted by atomic mass is 19.4. The first-order chi connectivity index (χ1) is 9.05. The molecule has 0 amide bonds. The molecule has 1 radical (unpaired) electrons. The lowest BCUT2D eigenvalue weighted by Crippen LogP contribution is -2.40. The lowest BCUT2D eigenvalue weighted by molar-refractivity contribution is -0.137. The summed E-state index contributed by atoms with van der Waals surface area (Å²) in [5.41, 5.74) is 0.178. The molecule has 0 aromatic heterocycles. The summed E-state index contributed by atoms with van der Waals surface area (Å²) < 4.78 is 37.1. The molecule has 0 spiro atoms. The lowest BCUT2D eigenvalue weighted by Gasteiger charge is -2.24. The van der Waals surface area contributed by atoms with Crippen molar-refractivity contribution in [1.29, 1.82) is 0 Å². The molecule has 1 saturated heterocycles. The van der Waals surface area contributed by atoms with Crippen molar-refractivity contribution >= 4 is 6.08 Å². The van der Waals surface area contributed by atoms with Crippen molar-refractivity contribution < 1.29 is 13.2 Å². The average molecular weight is 269 g/mol. The SMILES string of the molecule is FC(F)(F)c1ccc(/C=C/CN2CC[N]CC2)cc1. The van der Waals surface area contributed by atoms with Gasteiger partial charge in [0.25, 0.3) is 0 Å². The summed E-state index contributed by atoms with van der Waals surface area (Å²) in [5, 5.41) is 4.25. The van der Waals surface area contributed by atoms with Crippen LogP contribution in [0.5, 0.6) is 0 Å². The quantitative estimate of drug-likeness (QED) is 0.824. The molecule has 1 heterocycles. The maximum atomic E-state index is 12.4. The molecular weight excluding hydrogens is 253 g/mol. The first-order valence-electron chi connectivity index (χ1n) is 6.25. The lowest BCUT2D eigenvalue weighted by atomic mass is 10.1. The third-order valence-electron chi connectivity index (χ3n) is 3.06. The predicted octanol–water partition coefficient (Wildman–Crippen LogP) is 2.64. The maximum Gasteiger partial charge on any atom is 0.416 e. The minimum Gasteiger partial charge on any atom is -0.297 e. The Labute approximate surface area is 110 Å². The van der Waals surface area contributed by atoms with E-state index >= 15 is 0 Å². The fourth-order valence-electron chi connectivity index (χ4n) is 1.95. The van der Waals surface area contributed by atoms with Crippen molar-refractivity contribution in [1.82, 2.24) is 10.2 Å². The minimum atomic E-state index is -4.26. The number of halogens is 3. The molecule has 1 fully saturated rings. The van der Waals surface area contributed by atoms with Crippen LogP contribution in [-0.4, -0.2) is 37.6 Å². The number of rotatable bonds is 3. The fourth-order valence-corrected chi connectivity index (χ4v) is 1.95. The van der Waals surface area contributed by atoms with Crippen molar-refractivity contribution in [2.45, 2.75) is 6.18 Å². The Hall–Kier alpha value is -1.33. The van der Waals surface area contributed by atoms with Gasteiger partial charge in [0.2, 0.25) is 0 Å². The molecule has 1 aromatic carbocycles. The molecule has 19 heavy (non-hydrogen) atoms. The van der Waals surface area contributed by atoms with E-state index in [9.17, 15) is 13.2 Å². The highest BCUT2D eigenvalue weighted by Gasteiger charge is 2.29. The Balaban J connectivity index is 1.88. The van der Waals surface area contributed by atoms with Crippen LogP contribution in [0.25, 0.3) is 6.08 Å². The van der Waals surface area contributed by atoms with Crippen LogP contribution in [0.1, 0.15) is 11.1 Å². The molecule has 0 N–H and O–H groups in total. The molecule has 2 rings (SSSR count). The zero-order chi connectivity index (χ0) is 13.7. The molecule has 0 aliphatic carbocycles. The average Bonchev–Trinajstić information content (AvgIpc) is 2.39. The van der Waals surface area contributed by atoms with Gasteiger partial charge in [-0.3, -0.25) is 4.90 Å². The second-order valence-electron chi connectivity index (χ2n) is 4.49. The van der Waals surface area contributed by atoms with Gasteiger partial charge in [-0.1, -0.05) is 24.3 Å². The summed E-state index contributed by atoms with van der Waals surface area (Å²) in [6.07, 6.45) is -0.431. The molecule has 2 nitrogen and oxygen atoms in total. The van der Waals surface area contributed by atoms with Crippen LogP contribution >= 0.6 is 0 Å². The number of benzene rings is 1. The van der Waals surface area contributed by atoms with Gasteiger partial charge in [0.05, 0.1) is 5.56 Å². The maximum absolute atomic E-state index is 12.4. The summed E-state index contributed by atoms with van der Waals surface area (Å²) in [5.74, 6) is 0. The van der Waals surface area contributed by atoms with Gasteiger partial charge in [-0.25, -0.2) is 5.32 Å². The molecule has 5 heteroatoms. The molecule has 1 aliphatic heterocycles. The number of hydrogen-bond acceptors (Lipinski definition) is 1. The normalized spacial score (nSPS) is 18.1. The Morgan fingerprint density at radius 1 is 1.11 bits per heavy atom.